The molecular weight excluding hydrogens is 300 g/mol. The normalized spacial score (nSPS) is 23.5. The summed E-state index contributed by atoms with van der Waals surface area (Å²) in [5.41, 5.74) is 5.72. The number of furan rings is 1. The van der Waals surface area contributed by atoms with Gasteiger partial charge < -0.3 is 15.1 Å². The maximum Gasteiger partial charge on any atom is 0.223 e. The van der Waals surface area contributed by atoms with Gasteiger partial charge in [-0.3, -0.25) is 0 Å². The van der Waals surface area contributed by atoms with E-state index in [1.54, 1.807) is 6.07 Å². The molecule has 0 aliphatic heterocycles. The zero-order valence-corrected chi connectivity index (χ0v) is 13.3. The molecule has 2 aliphatic rings. The second-order valence-electron chi connectivity index (χ2n) is 6.39. The molecule has 2 heterocycles. The van der Waals surface area contributed by atoms with Crippen LogP contribution in [-0.4, -0.2) is 16.0 Å². The summed E-state index contributed by atoms with van der Waals surface area (Å²) in [5, 5.41) is 0.375. The van der Waals surface area contributed by atoms with Gasteiger partial charge in [0.2, 0.25) is 5.95 Å². The Balaban J connectivity index is 1.56. The van der Waals surface area contributed by atoms with Crippen LogP contribution < -0.4 is 10.6 Å². The number of hydrogen-bond donors (Lipinski definition) is 1. The third kappa shape index (κ3) is 2.77. The van der Waals surface area contributed by atoms with Gasteiger partial charge in [-0.1, -0.05) is 18.5 Å². The number of rotatable bonds is 5. The van der Waals surface area contributed by atoms with Gasteiger partial charge in [0.15, 0.2) is 0 Å². The largest absolute Gasteiger partial charge is 0.464 e. The van der Waals surface area contributed by atoms with Crippen LogP contribution in [0, 0.1) is 5.92 Å². The molecule has 2 N–H and O–H groups in total. The zero-order valence-electron chi connectivity index (χ0n) is 12.5. The van der Waals surface area contributed by atoms with Gasteiger partial charge in [0.1, 0.15) is 22.5 Å². The van der Waals surface area contributed by atoms with Gasteiger partial charge in [-0.05, 0) is 37.3 Å². The summed E-state index contributed by atoms with van der Waals surface area (Å²) in [6, 6.07) is 6.43. The molecule has 5 nitrogen and oxygen atoms in total. The van der Waals surface area contributed by atoms with Crippen LogP contribution in [0.15, 0.2) is 22.6 Å². The first-order valence-electron chi connectivity index (χ1n) is 7.75. The van der Waals surface area contributed by atoms with Crippen LogP contribution in [0.5, 0.6) is 0 Å². The van der Waals surface area contributed by atoms with E-state index in [-0.39, 0.29) is 5.95 Å². The van der Waals surface area contributed by atoms with E-state index in [2.05, 4.69) is 33.9 Å². The van der Waals surface area contributed by atoms with Crippen molar-refractivity contribution in [2.24, 2.45) is 5.92 Å². The second kappa shape index (κ2) is 5.16. The van der Waals surface area contributed by atoms with Crippen LogP contribution in [0.1, 0.15) is 43.6 Å². The second-order valence-corrected chi connectivity index (χ2v) is 6.78. The monoisotopic (exact) mass is 318 g/mol. The molecule has 2 aromatic heterocycles. The minimum Gasteiger partial charge on any atom is -0.464 e. The minimum absolute atomic E-state index is 0.208. The van der Waals surface area contributed by atoms with Gasteiger partial charge in [0.25, 0.3) is 0 Å². The van der Waals surface area contributed by atoms with Crippen LogP contribution >= 0.6 is 11.6 Å². The molecule has 2 fully saturated rings. The Labute approximate surface area is 134 Å². The summed E-state index contributed by atoms with van der Waals surface area (Å²) in [4.78, 5) is 10.5. The summed E-state index contributed by atoms with van der Waals surface area (Å²) in [5.74, 6) is 4.41. The van der Waals surface area contributed by atoms with E-state index in [1.807, 2.05) is 0 Å². The lowest BCUT2D eigenvalue weighted by molar-refractivity contribution is 0.456. The number of halogens is 1. The zero-order chi connectivity index (χ0) is 15.3. The number of anilines is 2. The molecule has 2 atom stereocenters. The Kier molecular flexibility index (Phi) is 3.26. The fourth-order valence-corrected chi connectivity index (χ4v) is 3.10. The van der Waals surface area contributed by atoms with Crippen molar-refractivity contribution >= 4 is 23.4 Å². The Morgan fingerprint density at radius 2 is 2.14 bits per heavy atom. The smallest absolute Gasteiger partial charge is 0.223 e. The fourth-order valence-electron chi connectivity index (χ4n) is 2.92. The molecule has 0 radical (unpaired) electrons. The molecule has 4 rings (SSSR count). The van der Waals surface area contributed by atoms with Gasteiger partial charge in [0, 0.05) is 18.0 Å². The van der Waals surface area contributed by atoms with E-state index in [4.69, 9.17) is 21.8 Å². The maximum absolute atomic E-state index is 6.02. The third-order valence-electron chi connectivity index (χ3n) is 4.46. The molecule has 0 amide bonds. The predicted molar refractivity (Wildman–Crippen MR) is 85.9 cm³/mol. The SMILES string of the molecule is C[C@H]1C[C@@H]1c1ccc(CN(c2cc(Cl)nc(N)n2)C2CC2)o1. The Morgan fingerprint density at radius 3 is 2.77 bits per heavy atom. The van der Waals surface area contributed by atoms with Crippen LogP contribution in [0.4, 0.5) is 11.8 Å². The van der Waals surface area contributed by atoms with Crippen molar-refractivity contribution in [1.82, 2.24) is 9.97 Å². The van der Waals surface area contributed by atoms with E-state index in [9.17, 15) is 0 Å². The number of nitrogens with two attached hydrogens (primary N) is 1. The van der Waals surface area contributed by atoms with Crippen molar-refractivity contribution in [1.29, 1.82) is 0 Å². The van der Waals surface area contributed by atoms with Crippen molar-refractivity contribution in [3.8, 4) is 0 Å². The molecule has 22 heavy (non-hydrogen) atoms. The Hall–Kier alpha value is -1.75. The molecule has 116 valence electrons. The third-order valence-corrected chi connectivity index (χ3v) is 4.66. The van der Waals surface area contributed by atoms with E-state index in [1.165, 1.54) is 6.42 Å². The van der Waals surface area contributed by atoms with Gasteiger partial charge in [-0.15, -0.1) is 0 Å². The quantitative estimate of drug-likeness (QED) is 0.853. The van der Waals surface area contributed by atoms with Gasteiger partial charge >= 0.3 is 0 Å². The first-order chi connectivity index (χ1) is 10.6. The lowest BCUT2D eigenvalue weighted by Crippen LogP contribution is -2.26. The molecule has 2 aromatic rings. The molecule has 0 unspecified atom stereocenters. The molecular formula is C16H19ClN4O. The number of nitrogens with zero attached hydrogens (tertiary/aromatic N) is 3. The standard InChI is InChI=1S/C16H19ClN4O/c1-9-6-12(9)13-5-4-11(22-13)8-21(10-2-3-10)15-7-14(17)19-16(18)20-15/h4-5,7,9-10,12H,2-3,6,8H2,1H3,(H2,18,19,20)/t9-,12-/m0/s1. The summed E-state index contributed by atoms with van der Waals surface area (Å²) < 4.78 is 6.02. The predicted octanol–water partition coefficient (Wildman–Crippen LogP) is 3.60. The summed E-state index contributed by atoms with van der Waals surface area (Å²) >= 11 is 6.01. The lowest BCUT2D eigenvalue weighted by atomic mass is 10.3. The number of nitrogen functional groups attached to an aromatic ring is 1. The highest BCUT2D eigenvalue weighted by Gasteiger charge is 2.37. The first-order valence-corrected chi connectivity index (χ1v) is 8.13. The first kappa shape index (κ1) is 13.9. The fraction of sp³-hybridized carbons (Fsp3) is 0.500. The summed E-state index contributed by atoms with van der Waals surface area (Å²) in [6.45, 7) is 2.95. The number of hydrogen-bond acceptors (Lipinski definition) is 5. The molecule has 0 aromatic carbocycles. The highest BCUT2D eigenvalue weighted by molar-refractivity contribution is 6.29. The van der Waals surface area contributed by atoms with Crippen molar-refractivity contribution in [3.63, 3.8) is 0 Å². The van der Waals surface area contributed by atoms with E-state index >= 15 is 0 Å². The topological polar surface area (TPSA) is 68.2 Å². The van der Waals surface area contributed by atoms with E-state index in [0.717, 1.165) is 36.1 Å². The van der Waals surface area contributed by atoms with Crippen molar-refractivity contribution in [2.45, 2.75) is 44.7 Å². The van der Waals surface area contributed by atoms with Gasteiger partial charge in [-0.25, -0.2) is 4.98 Å². The number of aromatic nitrogens is 2. The maximum atomic E-state index is 6.02. The molecule has 2 aliphatic carbocycles. The molecule has 0 saturated heterocycles. The van der Waals surface area contributed by atoms with E-state index in [0.29, 0.717) is 23.7 Å². The Bertz CT molecular complexity index is 677. The van der Waals surface area contributed by atoms with Crippen molar-refractivity contribution in [3.05, 3.63) is 34.9 Å². The van der Waals surface area contributed by atoms with Crippen LogP contribution in [-0.2, 0) is 6.54 Å². The average molecular weight is 319 g/mol. The van der Waals surface area contributed by atoms with Crippen LogP contribution in [0.3, 0.4) is 0 Å². The molecule has 0 bridgehead atoms. The van der Waals surface area contributed by atoms with Crippen LogP contribution in [0.25, 0.3) is 0 Å². The van der Waals surface area contributed by atoms with Gasteiger partial charge in [0.05, 0.1) is 6.54 Å². The summed E-state index contributed by atoms with van der Waals surface area (Å²) in [7, 11) is 0. The Morgan fingerprint density at radius 1 is 1.36 bits per heavy atom. The molecule has 6 heteroatoms. The average Bonchev–Trinajstić information content (AvgIpc) is 3.37. The highest BCUT2D eigenvalue weighted by Crippen LogP contribution is 2.47. The summed E-state index contributed by atoms with van der Waals surface area (Å²) in [6.07, 6.45) is 3.56. The minimum atomic E-state index is 0.208. The van der Waals surface area contributed by atoms with E-state index < -0.39 is 0 Å². The molecule has 0 spiro atoms. The van der Waals surface area contributed by atoms with Gasteiger partial charge in [-0.2, -0.15) is 4.98 Å². The molecule has 2 saturated carbocycles. The van der Waals surface area contributed by atoms with Crippen molar-refractivity contribution in [2.75, 3.05) is 10.6 Å². The van der Waals surface area contributed by atoms with Crippen molar-refractivity contribution < 1.29 is 4.42 Å². The highest BCUT2D eigenvalue weighted by atomic mass is 35.5. The van der Waals surface area contributed by atoms with Crippen LogP contribution in [0.2, 0.25) is 5.15 Å². The lowest BCUT2D eigenvalue weighted by Gasteiger charge is -2.22.